The van der Waals surface area contributed by atoms with Gasteiger partial charge in [0.15, 0.2) is 0 Å². The molecule has 0 saturated heterocycles. The predicted octanol–water partition coefficient (Wildman–Crippen LogP) is 6.64. The zero-order chi connectivity index (χ0) is 16.5. The zero-order valence-corrected chi connectivity index (χ0v) is 14.3. The van der Waals surface area contributed by atoms with Crippen LogP contribution in [0.2, 0.25) is 5.02 Å². The van der Waals surface area contributed by atoms with Crippen molar-refractivity contribution in [1.82, 2.24) is 0 Å². The minimum atomic E-state index is 0.366. The fourth-order valence-corrected chi connectivity index (χ4v) is 4.16. The highest BCUT2D eigenvalue weighted by atomic mass is 35.5. The Morgan fingerprint density at radius 2 is 1.38 bits per heavy atom. The normalized spacial score (nSPS) is 21.0. The summed E-state index contributed by atoms with van der Waals surface area (Å²) in [5.74, 6) is 1.65. The molecule has 1 fully saturated rings. The first-order chi connectivity index (χ1) is 11.7. The average molecular weight is 337 g/mol. The van der Waals surface area contributed by atoms with E-state index >= 15 is 0 Å². The molecule has 1 aliphatic rings. The van der Waals surface area contributed by atoms with E-state index < -0.39 is 0 Å². The molecule has 0 bridgehead atoms. The van der Waals surface area contributed by atoms with E-state index in [0.29, 0.717) is 17.6 Å². The van der Waals surface area contributed by atoms with Gasteiger partial charge in [0.05, 0.1) is 0 Å². The van der Waals surface area contributed by atoms with Crippen LogP contribution in [0.15, 0.2) is 60.7 Å². The molecule has 0 heterocycles. The van der Waals surface area contributed by atoms with Crippen LogP contribution in [0, 0.1) is 0 Å². The summed E-state index contributed by atoms with van der Waals surface area (Å²) in [4.78, 5) is 0. The topological polar surface area (TPSA) is 20.2 Å². The Morgan fingerprint density at radius 1 is 0.750 bits per heavy atom. The van der Waals surface area contributed by atoms with Crippen LogP contribution >= 0.6 is 11.6 Å². The molecule has 1 saturated carbocycles. The lowest BCUT2D eigenvalue weighted by molar-refractivity contribution is 0.396. The Hall–Kier alpha value is -1.99. The summed E-state index contributed by atoms with van der Waals surface area (Å²) in [6.45, 7) is 0. The van der Waals surface area contributed by atoms with E-state index in [2.05, 4.69) is 36.4 Å². The second-order valence-electron chi connectivity index (χ2n) is 6.86. The summed E-state index contributed by atoms with van der Waals surface area (Å²) in [7, 11) is 0. The summed E-state index contributed by atoms with van der Waals surface area (Å²) in [6, 6.07) is 20.6. The Balaban J connectivity index is 1.50. The van der Waals surface area contributed by atoms with Gasteiger partial charge in [0.25, 0.3) is 0 Å². The van der Waals surface area contributed by atoms with Crippen molar-refractivity contribution in [3.8, 4) is 5.75 Å². The number of rotatable bonds is 2. The molecule has 0 atom stereocenters. The number of fused-ring (bicyclic) bond motifs is 1. The van der Waals surface area contributed by atoms with Gasteiger partial charge in [-0.15, -0.1) is 0 Å². The molecule has 1 aliphatic carbocycles. The van der Waals surface area contributed by atoms with Gasteiger partial charge in [-0.25, -0.2) is 0 Å². The first-order valence-electron chi connectivity index (χ1n) is 8.68. The van der Waals surface area contributed by atoms with Gasteiger partial charge in [0.2, 0.25) is 0 Å². The average Bonchev–Trinajstić information content (AvgIpc) is 2.62. The molecule has 122 valence electrons. The number of hydrogen-bond acceptors (Lipinski definition) is 1. The van der Waals surface area contributed by atoms with Gasteiger partial charge in [-0.05, 0) is 72.2 Å². The first kappa shape index (κ1) is 15.5. The SMILES string of the molecule is Oc1cccc2cc(C3CCC(c4ccc(Cl)cc4)CC3)ccc12. The molecule has 0 unspecified atom stereocenters. The minimum Gasteiger partial charge on any atom is -0.507 e. The van der Waals surface area contributed by atoms with Gasteiger partial charge in [-0.3, -0.25) is 0 Å². The standard InChI is InChI=1S/C22H21ClO/c23-20-11-8-16(9-12-20)15-4-6-17(7-5-15)18-10-13-21-19(14-18)2-1-3-22(21)24/h1-3,8-15,17,24H,4-7H2. The van der Waals surface area contributed by atoms with E-state index in [1.54, 1.807) is 6.07 Å². The van der Waals surface area contributed by atoms with E-state index in [9.17, 15) is 5.11 Å². The molecule has 3 aromatic rings. The highest BCUT2D eigenvalue weighted by molar-refractivity contribution is 6.30. The van der Waals surface area contributed by atoms with Gasteiger partial charge in [0, 0.05) is 10.4 Å². The Kier molecular flexibility index (Phi) is 4.20. The van der Waals surface area contributed by atoms with Crippen molar-refractivity contribution < 1.29 is 5.11 Å². The maximum Gasteiger partial charge on any atom is 0.123 e. The fourth-order valence-electron chi connectivity index (χ4n) is 4.03. The molecule has 3 aromatic carbocycles. The van der Waals surface area contributed by atoms with Crippen molar-refractivity contribution in [2.24, 2.45) is 0 Å². The van der Waals surface area contributed by atoms with Gasteiger partial charge in [-0.1, -0.05) is 54.1 Å². The molecule has 0 spiro atoms. The molecule has 4 rings (SSSR count). The molecule has 0 aromatic heterocycles. The van der Waals surface area contributed by atoms with Crippen LogP contribution in [0.5, 0.6) is 5.75 Å². The maximum absolute atomic E-state index is 9.94. The third kappa shape index (κ3) is 3.01. The number of hydrogen-bond donors (Lipinski definition) is 1. The smallest absolute Gasteiger partial charge is 0.123 e. The molecule has 1 nitrogen and oxygen atoms in total. The third-order valence-electron chi connectivity index (χ3n) is 5.42. The lowest BCUT2D eigenvalue weighted by atomic mass is 9.76. The van der Waals surface area contributed by atoms with E-state index in [1.165, 1.54) is 36.8 Å². The van der Waals surface area contributed by atoms with Crippen LogP contribution in [0.4, 0.5) is 0 Å². The third-order valence-corrected chi connectivity index (χ3v) is 5.67. The lowest BCUT2D eigenvalue weighted by Gasteiger charge is -2.29. The van der Waals surface area contributed by atoms with Gasteiger partial charge >= 0.3 is 0 Å². The Morgan fingerprint density at radius 3 is 2.08 bits per heavy atom. The number of halogens is 1. The van der Waals surface area contributed by atoms with Crippen molar-refractivity contribution >= 4 is 22.4 Å². The number of benzene rings is 3. The number of aromatic hydroxyl groups is 1. The Bertz CT molecular complexity index is 845. The summed E-state index contributed by atoms with van der Waals surface area (Å²) in [5, 5.41) is 12.8. The zero-order valence-electron chi connectivity index (χ0n) is 13.6. The van der Waals surface area contributed by atoms with Crippen molar-refractivity contribution in [2.45, 2.75) is 37.5 Å². The second-order valence-corrected chi connectivity index (χ2v) is 7.29. The summed E-state index contributed by atoms with van der Waals surface area (Å²) < 4.78 is 0. The number of phenolic OH excluding ortho intramolecular Hbond substituents is 1. The van der Waals surface area contributed by atoms with Crippen molar-refractivity contribution in [2.75, 3.05) is 0 Å². The largest absolute Gasteiger partial charge is 0.507 e. The first-order valence-corrected chi connectivity index (χ1v) is 9.05. The fraction of sp³-hybridized carbons (Fsp3) is 0.273. The van der Waals surface area contributed by atoms with Crippen molar-refractivity contribution in [1.29, 1.82) is 0 Å². The highest BCUT2D eigenvalue weighted by Gasteiger charge is 2.23. The molecule has 1 N–H and O–H groups in total. The molecule has 0 amide bonds. The minimum absolute atomic E-state index is 0.366. The summed E-state index contributed by atoms with van der Waals surface area (Å²) in [6.07, 6.45) is 4.89. The van der Waals surface area contributed by atoms with E-state index in [4.69, 9.17) is 11.6 Å². The molecular formula is C22H21ClO. The van der Waals surface area contributed by atoms with Gasteiger partial charge in [-0.2, -0.15) is 0 Å². The maximum atomic E-state index is 9.94. The molecule has 0 radical (unpaired) electrons. The van der Waals surface area contributed by atoms with E-state index in [-0.39, 0.29) is 0 Å². The van der Waals surface area contributed by atoms with Crippen LogP contribution in [0.1, 0.15) is 48.6 Å². The summed E-state index contributed by atoms with van der Waals surface area (Å²) in [5.41, 5.74) is 2.82. The predicted molar refractivity (Wildman–Crippen MR) is 101 cm³/mol. The van der Waals surface area contributed by atoms with E-state index in [0.717, 1.165) is 15.8 Å². The van der Waals surface area contributed by atoms with Crippen molar-refractivity contribution in [3.63, 3.8) is 0 Å². The van der Waals surface area contributed by atoms with Gasteiger partial charge in [0.1, 0.15) is 5.75 Å². The van der Waals surface area contributed by atoms with Crippen molar-refractivity contribution in [3.05, 3.63) is 76.8 Å². The van der Waals surface area contributed by atoms with Crippen LogP contribution in [0.3, 0.4) is 0 Å². The molecular weight excluding hydrogens is 316 g/mol. The van der Waals surface area contributed by atoms with Crippen LogP contribution < -0.4 is 0 Å². The monoisotopic (exact) mass is 336 g/mol. The highest BCUT2D eigenvalue weighted by Crippen LogP contribution is 2.41. The van der Waals surface area contributed by atoms with Crippen LogP contribution in [0.25, 0.3) is 10.8 Å². The van der Waals surface area contributed by atoms with Crippen LogP contribution in [-0.2, 0) is 0 Å². The molecule has 0 aliphatic heterocycles. The number of phenols is 1. The van der Waals surface area contributed by atoms with E-state index in [1.807, 2.05) is 18.2 Å². The quantitative estimate of drug-likeness (QED) is 0.556. The van der Waals surface area contributed by atoms with Crippen LogP contribution in [-0.4, -0.2) is 5.11 Å². The molecule has 2 heteroatoms. The Labute approximate surface area is 147 Å². The molecule has 24 heavy (non-hydrogen) atoms. The van der Waals surface area contributed by atoms with Gasteiger partial charge < -0.3 is 5.11 Å². The lowest BCUT2D eigenvalue weighted by Crippen LogP contribution is -2.12. The second kappa shape index (κ2) is 6.49. The summed E-state index contributed by atoms with van der Waals surface area (Å²) >= 11 is 5.99.